The van der Waals surface area contributed by atoms with Gasteiger partial charge in [-0.25, -0.2) is 0 Å². The van der Waals surface area contributed by atoms with Crippen molar-refractivity contribution in [2.75, 3.05) is 13.2 Å². The largest absolute Gasteiger partial charge is 0.486 e. The minimum absolute atomic E-state index is 0.143. The topological polar surface area (TPSA) is 98.9 Å². The number of carboxylic acid groups (broad SMARTS) is 1. The number of carbonyl (C=O) groups is 1. The summed E-state index contributed by atoms with van der Waals surface area (Å²) in [5.41, 5.74) is -0.109. The smallest absolute Gasteiger partial charge is 0.311 e. The maximum atomic E-state index is 11.2. The van der Waals surface area contributed by atoms with Crippen molar-refractivity contribution in [3.8, 4) is 11.5 Å². The summed E-state index contributed by atoms with van der Waals surface area (Å²) < 4.78 is 10.6. The number of rotatable bonds is 4. The van der Waals surface area contributed by atoms with Gasteiger partial charge in [0.2, 0.25) is 0 Å². The fourth-order valence-corrected chi connectivity index (χ4v) is 2.06. The summed E-state index contributed by atoms with van der Waals surface area (Å²) in [6.45, 7) is 2.33. The minimum Gasteiger partial charge on any atom is -0.486 e. The van der Waals surface area contributed by atoms with Gasteiger partial charge in [0.25, 0.3) is 5.69 Å². The Morgan fingerprint density at radius 3 is 2.47 bits per heavy atom. The lowest BCUT2D eigenvalue weighted by Gasteiger charge is -2.20. The molecule has 0 spiro atoms. The van der Waals surface area contributed by atoms with Gasteiger partial charge >= 0.3 is 5.97 Å². The number of hydrogen-bond donors (Lipinski definition) is 1. The first-order valence-electron chi connectivity index (χ1n) is 5.85. The third-order valence-electron chi connectivity index (χ3n) is 2.97. The molecule has 0 aliphatic carbocycles. The van der Waals surface area contributed by atoms with E-state index in [1.165, 1.54) is 12.1 Å². The molecule has 0 bridgehead atoms. The molecule has 0 saturated carbocycles. The summed E-state index contributed by atoms with van der Waals surface area (Å²) >= 11 is 0. The number of nitro benzene ring substituents is 1. The van der Waals surface area contributed by atoms with Crippen LogP contribution in [0.25, 0.3) is 0 Å². The molecule has 1 atom stereocenters. The summed E-state index contributed by atoms with van der Waals surface area (Å²) in [5, 5.41) is 20.2. The van der Waals surface area contributed by atoms with E-state index in [9.17, 15) is 14.9 Å². The van der Waals surface area contributed by atoms with E-state index < -0.39 is 16.8 Å². The average molecular weight is 267 g/mol. The summed E-state index contributed by atoms with van der Waals surface area (Å²) in [7, 11) is 0. The van der Waals surface area contributed by atoms with Crippen molar-refractivity contribution in [1.29, 1.82) is 0 Å². The zero-order valence-corrected chi connectivity index (χ0v) is 10.3. The Hall–Kier alpha value is -2.31. The number of hydrogen-bond acceptors (Lipinski definition) is 5. The third kappa shape index (κ3) is 2.44. The van der Waals surface area contributed by atoms with E-state index in [0.717, 1.165) is 0 Å². The fraction of sp³-hybridized carbons (Fsp3) is 0.417. The number of ether oxygens (including phenoxy) is 2. The number of fused-ring (bicyclic) bond motifs is 1. The lowest BCUT2D eigenvalue weighted by molar-refractivity contribution is -0.385. The quantitative estimate of drug-likeness (QED) is 0.661. The van der Waals surface area contributed by atoms with Crippen LogP contribution in [0.3, 0.4) is 0 Å². The molecular formula is C12H13NO6. The summed E-state index contributed by atoms with van der Waals surface area (Å²) in [6.07, 6.45) is 0.260. The third-order valence-corrected chi connectivity index (χ3v) is 2.97. The van der Waals surface area contributed by atoms with Gasteiger partial charge in [-0.05, 0) is 12.5 Å². The highest BCUT2D eigenvalue weighted by Crippen LogP contribution is 2.40. The SMILES string of the molecule is CCC(C(=O)O)c1cc2c(cc1[N+](=O)[O-])OCCO2. The van der Waals surface area contributed by atoms with Crippen LogP contribution in [0.2, 0.25) is 0 Å². The predicted octanol–water partition coefficient (Wildman–Crippen LogP) is 1.94. The van der Waals surface area contributed by atoms with E-state index in [1.807, 2.05) is 0 Å². The minimum atomic E-state index is -1.10. The van der Waals surface area contributed by atoms with Crippen LogP contribution in [0.5, 0.6) is 11.5 Å². The zero-order valence-electron chi connectivity index (χ0n) is 10.3. The second-order valence-corrected chi connectivity index (χ2v) is 4.11. The molecule has 19 heavy (non-hydrogen) atoms. The second-order valence-electron chi connectivity index (χ2n) is 4.11. The normalized spacial score (nSPS) is 14.8. The van der Waals surface area contributed by atoms with Crippen molar-refractivity contribution < 1.29 is 24.3 Å². The highest BCUT2D eigenvalue weighted by Gasteiger charge is 2.30. The van der Waals surface area contributed by atoms with Crippen molar-refractivity contribution in [3.63, 3.8) is 0 Å². The molecule has 0 aromatic heterocycles. The van der Waals surface area contributed by atoms with Gasteiger partial charge in [-0.3, -0.25) is 14.9 Å². The number of carboxylic acids is 1. The van der Waals surface area contributed by atoms with Crippen molar-refractivity contribution >= 4 is 11.7 Å². The molecule has 1 aromatic rings. The van der Waals surface area contributed by atoms with Crippen molar-refractivity contribution in [2.24, 2.45) is 0 Å². The van der Waals surface area contributed by atoms with E-state index in [4.69, 9.17) is 14.6 Å². The predicted molar refractivity (Wildman–Crippen MR) is 64.8 cm³/mol. The van der Waals surface area contributed by atoms with Crippen molar-refractivity contribution in [2.45, 2.75) is 19.3 Å². The number of nitrogens with zero attached hydrogens (tertiary/aromatic N) is 1. The lowest BCUT2D eigenvalue weighted by Crippen LogP contribution is -2.18. The van der Waals surface area contributed by atoms with Crippen molar-refractivity contribution in [3.05, 3.63) is 27.8 Å². The van der Waals surface area contributed by atoms with Gasteiger partial charge in [0.05, 0.1) is 16.9 Å². The van der Waals surface area contributed by atoms with E-state index in [1.54, 1.807) is 6.92 Å². The monoisotopic (exact) mass is 267 g/mol. The van der Waals surface area contributed by atoms with Gasteiger partial charge in [-0.1, -0.05) is 6.92 Å². The molecule has 1 aromatic carbocycles. The summed E-state index contributed by atoms with van der Waals surface area (Å²) in [4.78, 5) is 21.6. The molecule has 1 aliphatic rings. The molecule has 1 N–H and O–H groups in total. The van der Waals surface area contributed by atoms with Crippen LogP contribution >= 0.6 is 0 Å². The van der Waals surface area contributed by atoms with Gasteiger partial charge in [-0.2, -0.15) is 0 Å². The molecule has 2 rings (SSSR count). The first kappa shape index (κ1) is 13.1. The van der Waals surface area contributed by atoms with E-state index in [0.29, 0.717) is 19.0 Å². The highest BCUT2D eigenvalue weighted by atomic mass is 16.6. The molecule has 0 radical (unpaired) electrons. The van der Waals surface area contributed by atoms with E-state index in [-0.39, 0.29) is 23.4 Å². The first-order valence-corrected chi connectivity index (χ1v) is 5.85. The summed E-state index contributed by atoms with van der Waals surface area (Å²) in [6, 6.07) is 2.63. The Morgan fingerprint density at radius 1 is 1.42 bits per heavy atom. The number of benzene rings is 1. The maximum absolute atomic E-state index is 11.2. The van der Waals surface area contributed by atoms with E-state index >= 15 is 0 Å². The first-order chi connectivity index (χ1) is 9.04. The molecule has 0 fully saturated rings. The van der Waals surface area contributed by atoms with Gasteiger partial charge in [0.1, 0.15) is 13.2 Å². The zero-order chi connectivity index (χ0) is 14.0. The van der Waals surface area contributed by atoms with Gasteiger partial charge in [0, 0.05) is 5.56 Å². The molecular weight excluding hydrogens is 254 g/mol. The summed E-state index contributed by atoms with van der Waals surface area (Å²) in [5.74, 6) is -1.40. The van der Waals surface area contributed by atoms with Crippen LogP contribution in [-0.4, -0.2) is 29.2 Å². The molecule has 7 nitrogen and oxygen atoms in total. The molecule has 0 amide bonds. The van der Waals surface area contributed by atoms with Crippen LogP contribution in [0.4, 0.5) is 5.69 Å². The Morgan fingerprint density at radius 2 is 2.00 bits per heavy atom. The molecule has 7 heteroatoms. The van der Waals surface area contributed by atoms with Crippen LogP contribution in [0.15, 0.2) is 12.1 Å². The van der Waals surface area contributed by atoms with Gasteiger partial charge < -0.3 is 14.6 Å². The Kier molecular flexibility index (Phi) is 3.55. The maximum Gasteiger partial charge on any atom is 0.311 e. The Labute approximate surface area is 108 Å². The standard InChI is InChI=1S/C12H13NO6/c1-2-7(12(14)15)8-5-10-11(19-4-3-18-10)6-9(8)13(16)17/h5-7H,2-4H2,1H3,(H,14,15). The molecule has 1 unspecified atom stereocenters. The molecule has 1 aliphatic heterocycles. The van der Waals surface area contributed by atoms with Crippen LogP contribution < -0.4 is 9.47 Å². The Balaban J connectivity index is 2.56. The van der Waals surface area contributed by atoms with E-state index in [2.05, 4.69) is 0 Å². The molecule has 1 heterocycles. The van der Waals surface area contributed by atoms with Crippen molar-refractivity contribution in [1.82, 2.24) is 0 Å². The van der Waals surface area contributed by atoms with Crippen LogP contribution in [0, 0.1) is 10.1 Å². The number of nitro groups is 1. The fourth-order valence-electron chi connectivity index (χ4n) is 2.06. The van der Waals surface area contributed by atoms with Gasteiger partial charge in [0.15, 0.2) is 11.5 Å². The van der Waals surface area contributed by atoms with Crippen LogP contribution in [-0.2, 0) is 4.79 Å². The molecule has 0 saturated heterocycles. The average Bonchev–Trinajstić information content (AvgIpc) is 2.38. The second kappa shape index (κ2) is 5.13. The molecule has 102 valence electrons. The highest BCUT2D eigenvalue weighted by molar-refractivity contribution is 5.78. The number of aliphatic carboxylic acids is 1. The Bertz CT molecular complexity index is 527. The van der Waals surface area contributed by atoms with Crippen LogP contribution in [0.1, 0.15) is 24.8 Å². The lowest BCUT2D eigenvalue weighted by atomic mass is 9.94. The van der Waals surface area contributed by atoms with Gasteiger partial charge in [-0.15, -0.1) is 0 Å².